The van der Waals surface area contributed by atoms with Gasteiger partial charge in [0.1, 0.15) is 17.9 Å². The number of azide groups is 1. The molecular formula is C52H76N8O9. The minimum absolute atomic E-state index is 0.0138. The predicted octanol–water partition coefficient (Wildman–Crippen LogP) is 5.72. The Morgan fingerprint density at radius 2 is 1.70 bits per heavy atom. The van der Waals surface area contributed by atoms with Gasteiger partial charge >= 0.3 is 0 Å². The van der Waals surface area contributed by atoms with Gasteiger partial charge in [-0.3, -0.25) is 14.4 Å². The highest BCUT2D eigenvalue weighted by atomic mass is 16.7. The van der Waals surface area contributed by atoms with E-state index in [4.69, 9.17) is 29.3 Å². The van der Waals surface area contributed by atoms with Gasteiger partial charge in [-0.2, -0.15) is 5.06 Å². The topological polar surface area (TPSA) is 203 Å². The molecule has 69 heavy (non-hydrogen) atoms. The Balaban J connectivity index is 1.16. The number of nitrogens with zero attached hydrogens (tertiary/aromatic N) is 6. The number of methoxy groups -OCH3 is 1. The summed E-state index contributed by atoms with van der Waals surface area (Å²) in [6, 6.07) is 20.6. The van der Waals surface area contributed by atoms with Crippen molar-refractivity contribution in [1.82, 2.24) is 20.6 Å². The molecule has 1 unspecified atom stereocenters. The first-order valence-corrected chi connectivity index (χ1v) is 24.5. The third-order valence-electron chi connectivity index (χ3n) is 14.6. The molecule has 3 saturated carbocycles. The summed E-state index contributed by atoms with van der Waals surface area (Å²) in [5.41, 5.74) is 13.3. The van der Waals surface area contributed by atoms with E-state index in [2.05, 4.69) is 58.5 Å². The van der Waals surface area contributed by atoms with Gasteiger partial charge in [0.15, 0.2) is 0 Å². The van der Waals surface area contributed by atoms with E-state index in [9.17, 15) is 19.8 Å². The van der Waals surface area contributed by atoms with Crippen LogP contribution >= 0.6 is 0 Å². The number of aliphatic hydroxyl groups excluding tert-OH is 2. The standard InChI is InChI=1S/C52H76N8O9/c1-34-44-29-40(52(44,3)4)30-45(34)56-51(64)48-47(35(2)62)46(33-61)69-60(48)31-37-15-12-16-43(49(37)65-8)38-26-39(28-42(27-38)58(5)6)50(63)55-41(25-36-13-10-9-11-14-36)32-59(7)18-20-67-22-24-68-23-21-66-19-17-54-57-53/h9-16,26-28,34-35,40-41,44-48,61-62H,17-25,29-33H2,1-8H3,(H,55,63)(H,56,64)/t34-,35-,40+,41+,44-,45?,46-,47+,48-/m0/s1. The molecule has 3 aromatic rings. The van der Waals surface area contributed by atoms with Crippen molar-refractivity contribution in [1.29, 1.82) is 0 Å². The highest BCUT2D eigenvalue weighted by Gasteiger charge is 2.57. The first kappa shape index (κ1) is 53.5. The lowest BCUT2D eigenvalue weighted by molar-refractivity contribution is -0.183. The largest absolute Gasteiger partial charge is 0.496 e. The molecule has 17 nitrogen and oxygen atoms in total. The number of fused-ring (bicyclic) bond motifs is 2. The monoisotopic (exact) mass is 957 g/mol. The number of para-hydroxylation sites is 1. The van der Waals surface area contributed by atoms with Crippen molar-refractivity contribution in [2.24, 2.45) is 34.2 Å². The molecule has 0 spiro atoms. The average molecular weight is 957 g/mol. The lowest BCUT2D eigenvalue weighted by Crippen LogP contribution is -2.62. The Kier molecular flexibility index (Phi) is 19.7. The van der Waals surface area contributed by atoms with Crippen molar-refractivity contribution in [3.63, 3.8) is 0 Å². The minimum Gasteiger partial charge on any atom is -0.496 e. The van der Waals surface area contributed by atoms with E-state index in [-0.39, 0.29) is 42.5 Å². The third-order valence-corrected chi connectivity index (χ3v) is 14.6. The Bertz CT molecular complexity index is 2170. The molecule has 7 rings (SSSR count). The summed E-state index contributed by atoms with van der Waals surface area (Å²) in [6.07, 6.45) is 1.01. The molecule has 2 amide bonds. The normalized spacial score (nSPS) is 23.7. The number of nitrogens with one attached hydrogen (secondary N) is 2. The Labute approximate surface area is 408 Å². The van der Waals surface area contributed by atoms with E-state index in [0.717, 1.165) is 34.4 Å². The van der Waals surface area contributed by atoms with E-state index in [1.165, 1.54) is 6.42 Å². The summed E-state index contributed by atoms with van der Waals surface area (Å²) < 4.78 is 22.9. The van der Waals surface area contributed by atoms with Crippen molar-refractivity contribution < 1.29 is 43.6 Å². The van der Waals surface area contributed by atoms with Crippen molar-refractivity contribution in [2.75, 3.05) is 99.0 Å². The highest BCUT2D eigenvalue weighted by Crippen LogP contribution is 2.61. The molecule has 1 heterocycles. The maximum Gasteiger partial charge on any atom is 0.251 e. The predicted molar refractivity (Wildman–Crippen MR) is 266 cm³/mol. The summed E-state index contributed by atoms with van der Waals surface area (Å²) in [4.78, 5) is 42.0. The van der Waals surface area contributed by atoms with Gasteiger partial charge in [-0.1, -0.05) is 74.4 Å². The molecule has 1 saturated heterocycles. The molecule has 4 aliphatic rings. The molecule has 9 atom stereocenters. The van der Waals surface area contributed by atoms with Gasteiger partial charge in [0.2, 0.25) is 5.91 Å². The zero-order chi connectivity index (χ0) is 49.7. The number of likely N-dealkylation sites (N-methyl/N-ethyl adjacent to an activating group) is 1. The third kappa shape index (κ3) is 13.7. The van der Waals surface area contributed by atoms with Gasteiger partial charge in [-0.05, 0) is 91.3 Å². The van der Waals surface area contributed by atoms with Crippen LogP contribution in [0, 0.1) is 29.1 Å². The van der Waals surface area contributed by atoms with Gasteiger partial charge in [-0.15, -0.1) is 0 Å². The van der Waals surface area contributed by atoms with Crippen molar-refractivity contribution >= 4 is 17.5 Å². The van der Waals surface area contributed by atoms with Crippen LogP contribution in [0.1, 0.15) is 62.0 Å². The van der Waals surface area contributed by atoms with E-state index in [0.29, 0.717) is 94.8 Å². The second kappa shape index (κ2) is 25.3. The molecule has 4 N–H and O–H groups in total. The molecule has 378 valence electrons. The minimum atomic E-state index is -0.926. The Morgan fingerprint density at radius 1 is 0.986 bits per heavy atom. The molecular weight excluding hydrogens is 881 g/mol. The van der Waals surface area contributed by atoms with Gasteiger partial charge < -0.3 is 49.6 Å². The number of rotatable bonds is 27. The van der Waals surface area contributed by atoms with Crippen LogP contribution < -0.4 is 20.3 Å². The van der Waals surface area contributed by atoms with E-state index in [1.807, 2.05) is 80.6 Å². The van der Waals surface area contributed by atoms with Gasteiger partial charge in [0, 0.05) is 79.0 Å². The van der Waals surface area contributed by atoms with Crippen LogP contribution in [0.3, 0.4) is 0 Å². The van der Waals surface area contributed by atoms with E-state index >= 15 is 0 Å². The molecule has 1 aliphatic heterocycles. The summed E-state index contributed by atoms with van der Waals surface area (Å²) >= 11 is 0. The number of amides is 2. The zero-order valence-corrected chi connectivity index (χ0v) is 41.9. The van der Waals surface area contributed by atoms with Crippen molar-refractivity contribution in [3.05, 3.63) is 93.9 Å². The number of hydrogen-bond acceptors (Lipinski definition) is 13. The molecule has 0 radical (unpaired) electrons. The molecule has 3 aromatic carbocycles. The molecule has 2 bridgehead atoms. The number of hydrogen-bond donors (Lipinski definition) is 4. The van der Waals surface area contributed by atoms with Crippen molar-refractivity contribution in [2.45, 2.75) is 83.8 Å². The number of anilines is 1. The molecule has 4 fully saturated rings. The summed E-state index contributed by atoms with van der Waals surface area (Å²) in [7, 11) is 7.49. The maximum absolute atomic E-state index is 14.4. The van der Waals surface area contributed by atoms with E-state index < -0.39 is 24.2 Å². The number of carbonyl (C=O) groups is 2. The molecule has 3 aliphatic carbocycles. The molecule has 0 aromatic heterocycles. The van der Waals surface area contributed by atoms with Crippen molar-refractivity contribution in [3.8, 4) is 16.9 Å². The van der Waals surface area contributed by atoms with Crippen LogP contribution in [0.15, 0.2) is 71.8 Å². The smallest absolute Gasteiger partial charge is 0.251 e. The fraction of sp³-hybridized carbons (Fsp3) is 0.615. The lowest BCUT2D eigenvalue weighted by Gasteiger charge is -2.62. The van der Waals surface area contributed by atoms with Gasteiger partial charge in [0.25, 0.3) is 5.91 Å². The number of aliphatic hydroxyl groups is 2. The van der Waals surface area contributed by atoms with Crippen LogP contribution in [0.2, 0.25) is 0 Å². The van der Waals surface area contributed by atoms with Crippen LogP contribution in [-0.4, -0.2) is 156 Å². The maximum atomic E-state index is 14.4. The number of hydroxylamine groups is 2. The fourth-order valence-electron chi connectivity index (χ4n) is 10.7. The number of ether oxygens (including phenoxy) is 4. The van der Waals surface area contributed by atoms with Crippen LogP contribution in [-0.2, 0) is 36.8 Å². The summed E-state index contributed by atoms with van der Waals surface area (Å²) in [6.45, 7) is 12.4. The number of benzene rings is 3. The average Bonchev–Trinajstić information content (AvgIpc) is 3.71. The van der Waals surface area contributed by atoms with Crippen LogP contribution in [0.5, 0.6) is 5.75 Å². The first-order chi connectivity index (χ1) is 33.2. The quantitative estimate of drug-likeness (QED) is 0.0314. The lowest BCUT2D eigenvalue weighted by atomic mass is 9.45. The fourth-order valence-corrected chi connectivity index (χ4v) is 10.7. The second-order valence-corrected chi connectivity index (χ2v) is 19.8. The molecule has 17 heteroatoms. The summed E-state index contributed by atoms with van der Waals surface area (Å²) in [5.74, 6) is 0.846. The Hall–Kier alpha value is -4.81. The highest BCUT2D eigenvalue weighted by molar-refractivity contribution is 5.97. The van der Waals surface area contributed by atoms with E-state index in [1.54, 1.807) is 19.1 Å². The first-order valence-electron chi connectivity index (χ1n) is 24.5. The van der Waals surface area contributed by atoms with Crippen LogP contribution in [0.25, 0.3) is 21.6 Å². The Morgan fingerprint density at radius 3 is 2.33 bits per heavy atom. The SMILES string of the molecule is COc1c(CN2O[C@@H](CO)[C@@H]([C@H](C)O)[C@H]2C(=O)NC2C[C@H]3C[C@@H]([C@@H]2C)C3(C)C)cccc1-c1cc(C(=O)N[C@H](Cc2ccccc2)CN(C)CCOCCOCCOCCN=[N+]=[N-])cc(N(C)C)c1. The van der Waals surface area contributed by atoms with Crippen LogP contribution in [0.4, 0.5) is 5.69 Å². The van der Waals surface area contributed by atoms with Gasteiger partial charge in [-0.25, -0.2) is 0 Å². The zero-order valence-electron chi connectivity index (χ0n) is 41.9. The summed E-state index contributed by atoms with van der Waals surface area (Å²) in [5, 5.41) is 33.3. The second-order valence-electron chi connectivity index (χ2n) is 19.8. The van der Waals surface area contributed by atoms with Gasteiger partial charge in [0.05, 0.1) is 66.0 Å². The number of carbonyl (C=O) groups excluding carboxylic acids is 2.